The molecular formula is C8H16N2O4. The van der Waals surface area contributed by atoms with Gasteiger partial charge in [-0.05, 0) is 13.8 Å². The molecule has 0 rings (SSSR count). The van der Waals surface area contributed by atoms with Crippen LogP contribution in [0, 0.1) is 0 Å². The van der Waals surface area contributed by atoms with Crippen LogP contribution in [0.15, 0.2) is 0 Å². The number of nitrogens with one attached hydrogen (secondary N) is 1. The summed E-state index contributed by atoms with van der Waals surface area (Å²) in [4.78, 5) is 27.7. The van der Waals surface area contributed by atoms with E-state index in [0.29, 0.717) is 13.1 Å². The summed E-state index contributed by atoms with van der Waals surface area (Å²) in [5.41, 5.74) is 2.15. The number of nitrogens with zero attached hydrogens (tertiary/aromatic N) is 1. The van der Waals surface area contributed by atoms with Crippen molar-refractivity contribution in [3.05, 3.63) is 0 Å². The van der Waals surface area contributed by atoms with Crippen molar-refractivity contribution in [2.24, 2.45) is 0 Å². The van der Waals surface area contributed by atoms with Crippen molar-refractivity contribution in [1.82, 2.24) is 10.4 Å². The zero-order chi connectivity index (χ0) is 11.0. The largest absolute Gasteiger partial charge is 0.436 e. The quantitative estimate of drug-likeness (QED) is 0.306. The summed E-state index contributed by atoms with van der Waals surface area (Å²) in [5, 5.41) is 0. The van der Waals surface area contributed by atoms with Gasteiger partial charge in [-0.1, -0.05) is 0 Å². The van der Waals surface area contributed by atoms with E-state index in [1.807, 2.05) is 13.8 Å². The SMILES string of the molecule is CCN(CC)C(=O)NOCOC(C)=O. The Morgan fingerprint density at radius 3 is 2.29 bits per heavy atom. The van der Waals surface area contributed by atoms with Gasteiger partial charge in [0, 0.05) is 20.0 Å². The Balaban J connectivity index is 3.57. The van der Waals surface area contributed by atoms with Gasteiger partial charge in [0.15, 0.2) is 0 Å². The Morgan fingerprint density at radius 1 is 1.29 bits per heavy atom. The number of ether oxygens (including phenoxy) is 1. The minimum atomic E-state index is -0.456. The van der Waals surface area contributed by atoms with Gasteiger partial charge < -0.3 is 9.64 Å². The number of hydrogen-bond acceptors (Lipinski definition) is 4. The average molecular weight is 204 g/mol. The molecule has 0 aliphatic heterocycles. The van der Waals surface area contributed by atoms with Gasteiger partial charge >= 0.3 is 12.0 Å². The van der Waals surface area contributed by atoms with Crippen LogP contribution in [-0.4, -0.2) is 36.8 Å². The summed E-state index contributed by atoms with van der Waals surface area (Å²) in [6.07, 6.45) is 0. The van der Waals surface area contributed by atoms with E-state index in [9.17, 15) is 9.59 Å². The molecule has 0 spiro atoms. The molecule has 6 nitrogen and oxygen atoms in total. The first-order valence-corrected chi connectivity index (χ1v) is 4.41. The van der Waals surface area contributed by atoms with Crippen molar-refractivity contribution in [1.29, 1.82) is 0 Å². The van der Waals surface area contributed by atoms with Crippen LogP contribution in [0.3, 0.4) is 0 Å². The second-order valence-corrected chi connectivity index (χ2v) is 2.48. The highest BCUT2D eigenvalue weighted by atomic mass is 16.8. The molecule has 6 heteroatoms. The van der Waals surface area contributed by atoms with E-state index in [0.717, 1.165) is 0 Å². The Bertz CT molecular complexity index is 192. The number of amides is 2. The average Bonchev–Trinajstić information content (AvgIpc) is 2.14. The Morgan fingerprint density at radius 2 is 1.86 bits per heavy atom. The fraction of sp³-hybridized carbons (Fsp3) is 0.750. The van der Waals surface area contributed by atoms with E-state index in [-0.39, 0.29) is 12.8 Å². The number of esters is 1. The van der Waals surface area contributed by atoms with Crippen LogP contribution in [-0.2, 0) is 14.4 Å². The van der Waals surface area contributed by atoms with Gasteiger partial charge in [-0.15, -0.1) is 0 Å². The third kappa shape index (κ3) is 5.36. The fourth-order valence-corrected chi connectivity index (χ4v) is 0.779. The predicted molar refractivity (Wildman–Crippen MR) is 49.2 cm³/mol. The van der Waals surface area contributed by atoms with Crippen LogP contribution < -0.4 is 5.48 Å². The lowest BCUT2D eigenvalue weighted by Gasteiger charge is -2.18. The molecule has 0 aliphatic rings. The molecular weight excluding hydrogens is 188 g/mol. The molecule has 0 bridgehead atoms. The Labute approximate surface area is 83.1 Å². The second kappa shape index (κ2) is 7.14. The molecule has 0 aromatic rings. The highest BCUT2D eigenvalue weighted by molar-refractivity contribution is 5.72. The number of hydrogen-bond donors (Lipinski definition) is 1. The molecule has 2 amide bonds. The van der Waals surface area contributed by atoms with Crippen LogP contribution in [0.4, 0.5) is 4.79 Å². The minimum Gasteiger partial charge on any atom is -0.436 e. The first-order valence-electron chi connectivity index (χ1n) is 4.41. The fourth-order valence-electron chi connectivity index (χ4n) is 0.779. The molecule has 0 atom stereocenters. The van der Waals surface area contributed by atoms with Crippen LogP contribution in [0.2, 0.25) is 0 Å². The third-order valence-corrected chi connectivity index (χ3v) is 1.53. The van der Waals surface area contributed by atoms with Crippen LogP contribution in [0.1, 0.15) is 20.8 Å². The van der Waals surface area contributed by atoms with Gasteiger partial charge in [-0.3, -0.25) is 4.79 Å². The summed E-state index contributed by atoms with van der Waals surface area (Å²) in [6.45, 7) is 5.89. The number of carbonyl (C=O) groups excluding carboxylic acids is 2. The summed E-state index contributed by atoms with van der Waals surface area (Å²) < 4.78 is 4.44. The van der Waals surface area contributed by atoms with E-state index < -0.39 is 5.97 Å². The molecule has 0 aromatic heterocycles. The smallest absolute Gasteiger partial charge is 0.341 e. The summed E-state index contributed by atoms with van der Waals surface area (Å²) in [5.74, 6) is -0.456. The van der Waals surface area contributed by atoms with Crippen molar-refractivity contribution in [3.8, 4) is 0 Å². The monoisotopic (exact) mass is 204 g/mol. The topological polar surface area (TPSA) is 67.9 Å². The molecule has 0 fully saturated rings. The predicted octanol–water partition coefficient (Wildman–Crippen LogP) is 0.490. The summed E-state index contributed by atoms with van der Waals surface area (Å²) in [6, 6.07) is -0.345. The van der Waals surface area contributed by atoms with E-state index in [1.165, 1.54) is 11.8 Å². The molecule has 14 heavy (non-hydrogen) atoms. The van der Waals surface area contributed by atoms with Gasteiger partial charge in [-0.25, -0.2) is 15.1 Å². The maximum absolute atomic E-state index is 11.2. The number of urea groups is 1. The molecule has 0 saturated heterocycles. The minimum absolute atomic E-state index is 0.275. The summed E-state index contributed by atoms with van der Waals surface area (Å²) >= 11 is 0. The molecule has 0 heterocycles. The van der Waals surface area contributed by atoms with Crippen LogP contribution >= 0.6 is 0 Å². The third-order valence-electron chi connectivity index (χ3n) is 1.53. The molecule has 0 aromatic carbocycles. The van der Waals surface area contributed by atoms with Gasteiger partial charge in [0.25, 0.3) is 0 Å². The van der Waals surface area contributed by atoms with Crippen LogP contribution in [0.5, 0.6) is 0 Å². The zero-order valence-corrected chi connectivity index (χ0v) is 8.70. The Kier molecular flexibility index (Phi) is 6.47. The number of rotatable bonds is 5. The molecule has 0 radical (unpaired) electrons. The normalized spacial score (nSPS) is 9.36. The summed E-state index contributed by atoms with van der Waals surface area (Å²) in [7, 11) is 0. The molecule has 0 aliphatic carbocycles. The molecule has 1 N–H and O–H groups in total. The van der Waals surface area contributed by atoms with Gasteiger partial charge in [-0.2, -0.15) is 0 Å². The van der Waals surface area contributed by atoms with E-state index in [4.69, 9.17) is 0 Å². The molecule has 82 valence electrons. The number of carbonyl (C=O) groups is 2. The lowest BCUT2D eigenvalue weighted by molar-refractivity contribution is -0.158. The van der Waals surface area contributed by atoms with E-state index >= 15 is 0 Å². The van der Waals surface area contributed by atoms with Gasteiger partial charge in [0.1, 0.15) is 0 Å². The van der Waals surface area contributed by atoms with Crippen LogP contribution in [0.25, 0.3) is 0 Å². The first-order chi connectivity index (χ1) is 6.61. The van der Waals surface area contributed by atoms with Crippen molar-refractivity contribution >= 4 is 12.0 Å². The lowest BCUT2D eigenvalue weighted by Crippen LogP contribution is -2.40. The first kappa shape index (κ1) is 12.7. The zero-order valence-electron chi connectivity index (χ0n) is 8.70. The van der Waals surface area contributed by atoms with Gasteiger partial charge in [0.2, 0.25) is 6.79 Å². The highest BCUT2D eigenvalue weighted by Gasteiger charge is 2.08. The number of hydroxylamine groups is 1. The lowest BCUT2D eigenvalue weighted by atomic mass is 10.5. The maximum Gasteiger partial charge on any atom is 0.341 e. The highest BCUT2D eigenvalue weighted by Crippen LogP contribution is 1.87. The van der Waals surface area contributed by atoms with Crippen molar-refractivity contribution < 1.29 is 19.2 Å². The maximum atomic E-state index is 11.2. The van der Waals surface area contributed by atoms with E-state index in [2.05, 4.69) is 15.1 Å². The van der Waals surface area contributed by atoms with Crippen molar-refractivity contribution in [2.45, 2.75) is 20.8 Å². The molecule has 0 saturated carbocycles. The van der Waals surface area contributed by atoms with Crippen molar-refractivity contribution in [3.63, 3.8) is 0 Å². The Hall–Kier alpha value is -1.30. The standard InChI is InChI=1S/C8H16N2O4/c1-4-10(5-2)8(12)9-14-6-13-7(3)11/h4-6H2,1-3H3,(H,9,12). The second-order valence-electron chi connectivity index (χ2n) is 2.48. The van der Waals surface area contributed by atoms with Crippen molar-refractivity contribution in [2.75, 3.05) is 19.9 Å². The van der Waals surface area contributed by atoms with Gasteiger partial charge in [0.05, 0.1) is 0 Å². The van der Waals surface area contributed by atoms with E-state index in [1.54, 1.807) is 0 Å². The molecule has 0 unspecified atom stereocenters.